The van der Waals surface area contributed by atoms with E-state index in [0.717, 1.165) is 12.8 Å². The van der Waals surface area contributed by atoms with Gasteiger partial charge >= 0.3 is 5.97 Å². The molecule has 2 atom stereocenters. The molecule has 0 aromatic carbocycles. The zero-order chi connectivity index (χ0) is 11.8. The quantitative estimate of drug-likeness (QED) is 0.497. The molecular weight excluding hydrogens is 188 g/mol. The summed E-state index contributed by atoms with van der Waals surface area (Å²) in [6.45, 7) is 10.6. The van der Waals surface area contributed by atoms with Crippen LogP contribution in [0.4, 0.5) is 0 Å². The SMILES string of the molecule is CC(=O)OCC(C)CCC(C)C=C(C)C. The summed E-state index contributed by atoms with van der Waals surface area (Å²) in [4.78, 5) is 10.6. The van der Waals surface area contributed by atoms with Crippen molar-refractivity contribution >= 4 is 5.97 Å². The lowest BCUT2D eigenvalue weighted by Crippen LogP contribution is -2.10. The third-order valence-corrected chi connectivity index (χ3v) is 2.30. The van der Waals surface area contributed by atoms with Gasteiger partial charge in [-0.3, -0.25) is 4.79 Å². The van der Waals surface area contributed by atoms with Gasteiger partial charge in [-0.2, -0.15) is 0 Å². The minimum atomic E-state index is -0.181. The van der Waals surface area contributed by atoms with Crippen LogP contribution in [0.25, 0.3) is 0 Å². The van der Waals surface area contributed by atoms with E-state index in [0.29, 0.717) is 18.4 Å². The maximum absolute atomic E-state index is 10.6. The Morgan fingerprint density at radius 1 is 1.20 bits per heavy atom. The summed E-state index contributed by atoms with van der Waals surface area (Å²) in [5.74, 6) is 0.899. The molecule has 0 aromatic rings. The monoisotopic (exact) mass is 212 g/mol. The molecule has 2 heteroatoms. The molecule has 0 aliphatic heterocycles. The van der Waals surface area contributed by atoms with E-state index in [1.165, 1.54) is 12.5 Å². The van der Waals surface area contributed by atoms with E-state index < -0.39 is 0 Å². The fourth-order valence-electron chi connectivity index (χ4n) is 1.54. The van der Waals surface area contributed by atoms with Gasteiger partial charge in [0, 0.05) is 6.92 Å². The predicted octanol–water partition coefficient (Wildman–Crippen LogP) is 3.57. The molecule has 0 radical (unpaired) electrons. The van der Waals surface area contributed by atoms with E-state index in [1.54, 1.807) is 0 Å². The Morgan fingerprint density at radius 2 is 1.80 bits per heavy atom. The maximum atomic E-state index is 10.6. The van der Waals surface area contributed by atoms with Crippen LogP contribution in [-0.4, -0.2) is 12.6 Å². The van der Waals surface area contributed by atoms with Gasteiger partial charge in [0.05, 0.1) is 6.61 Å². The summed E-state index contributed by atoms with van der Waals surface area (Å²) >= 11 is 0. The smallest absolute Gasteiger partial charge is 0.302 e. The van der Waals surface area contributed by atoms with Crippen molar-refractivity contribution in [3.05, 3.63) is 11.6 Å². The van der Waals surface area contributed by atoms with Crippen molar-refractivity contribution < 1.29 is 9.53 Å². The van der Waals surface area contributed by atoms with E-state index >= 15 is 0 Å². The number of carbonyl (C=O) groups is 1. The van der Waals surface area contributed by atoms with Gasteiger partial charge in [-0.05, 0) is 38.5 Å². The summed E-state index contributed by atoms with van der Waals surface area (Å²) in [5, 5.41) is 0. The zero-order valence-corrected chi connectivity index (χ0v) is 10.7. The molecule has 0 aromatic heterocycles. The normalized spacial score (nSPS) is 14.2. The molecule has 0 aliphatic rings. The Morgan fingerprint density at radius 3 is 2.27 bits per heavy atom. The lowest BCUT2D eigenvalue weighted by molar-refractivity contribution is -0.142. The van der Waals surface area contributed by atoms with E-state index in [9.17, 15) is 4.79 Å². The number of allylic oxidation sites excluding steroid dienone is 2. The number of carbonyl (C=O) groups excluding carboxylic acids is 1. The second-order valence-electron chi connectivity index (χ2n) is 4.71. The van der Waals surface area contributed by atoms with Crippen LogP contribution in [-0.2, 0) is 9.53 Å². The van der Waals surface area contributed by atoms with Crippen LogP contribution in [0.3, 0.4) is 0 Å². The molecule has 88 valence electrons. The summed E-state index contributed by atoms with van der Waals surface area (Å²) in [7, 11) is 0. The summed E-state index contributed by atoms with van der Waals surface area (Å²) in [6.07, 6.45) is 4.56. The van der Waals surface area contributed by atoms with Crippen LogP contribution in [0.1, 0.15) is 47.5 Å². The van der Waals surface area contributed by atoms with E-state index in [1.807, 2.05) is 0 Å². The van der Waals surface area contributed by atoms with Crippen molar-refractivity contribution in [3.8, 4) is 0 Å². The lowest BCUT2D eigenvalue weighted by atomic mass is 9.97. The first-order valence-electron chi connectivity index (χ1n) is 5.70. The Kier molecular flexibility index (Phi) is 7.10. The van der Waals surface area contributed by atoms with Crippen molar-refractivity contribution in [2.24, 2.45) is 11.8 Å². The molecule has 0 saturated carbocycles. The minimum absolute atomic E-state index is 0.181. The van der Waals surface area contributed by atoms with Crippen LogP contribution in [0, 0.1) is 11.8 Å². The molecule has 0 aliphatic carbocycles. The molecule has 0 fully saturated rings. The molecule has 2 nitrogen and oxygen atoms in total. The van der Waals surface area contributed by atoms with Crippen molar-refractivity contribution in [2.45, 2.75) is 47.5 Å². The van der Waals surface area contributed by atoms with Gasteiger partial charge in [0.15, 0.2) is 0 Å². The third-order valence-electron chi connectivity index (χ3n) is 2.30. The second-order valence-corrected chi connectivity index (χ2v) is 4.71. The van der Waals surface area contributed by atoms with E-state index in [2.05, 4.69) is 33.8 Å². The highest BCUT2D eigenvalue weighted by Gasteiger charge is 2.06. The molecular formula is C13H24O2. The van der Waals surface area contributed by atoms with Gasteiger partial charge in [-0.1, -0.05) is 25.5 Å². The Balaban J connectivity index is 3.66. The largest absolute Gasteiger partial charge is 0.466 e. The zero-order valence-electron chi connectivity index (χ0n) is 10.7. The molecule has 0 rings (SSSR count). The van der Waals surface area contributed by atoms with Crippen LogP contribution in [0.15, 0.2) is 11.6 Å². The summed E-state index contributed by atoms with van der Waals surface area (Å²) < 4.78 is 4.96. The van der Waals surface area contributed by atoms with Crippen LogP contribution >= 0.6 is 0 Å². The topological polar surface area (TPSA) is 26.3 Å². The standard InChI is InChI=1S/C13H24O2/c1-10(2)8-11(3)6-7-12(4)9-15-13(5)14/h8,11-12H,6-7,9H2,1-5H3. The highest BCUT2D eigenvalue weighted by molar-refractivity contribution is 5.65. The van der Waals surface area contributed by atoms with Crippen LogP contribution < -0.4 is 0 Å². The molecule has 0 amide bonds. The molecule has 0 bridgehead atoms. The van der Waals surface area contributed by atoms with Gasteiger partial charge in [-0.25, -0.2) is 0 Å². The van der Waals surface area contributed by atoms with E-state index in [4.69, 9.17) is 4.74 Å². The van der Waals surface area contributed by atoms with Crippen LogP contribution in [0.2, 0.25) is 0 Å². The highest BCUT2D eigenvalue weighted by atomic mass is 16.5. The minimum Gasteiger partial charge on any atom is -0.466 e. The van der Waals surface area contributed by atoms with Crippen molar-refractivity contribution in [3.63, 3.8) is 0 Å². The van der Waals surface area contributed by atoms with Gasteiger partial charge < -0.3 is 4.74 Å². The van der Waals surface area contributed by atoms with Crippen LogP contribution in [0.5, 0.6) is 0 Å². The Labute approximate surface area is 93.7 Å². The molecule has 0 N–H and O–H groups in total. The predicted molar refractivity (Wildman–Crippen MR) is 63.6 cm³/mol. The van der Waals surface area contributed by atoms with Crippen molar-refractivity contribution in [1.29, 1.82) is 0 Å². The molecule has 0 saturated heterocycles. The maximum Gasteiger partial charge on any atom is 0.302 e. The molecule has 2 unspecified atom stereocenters. The molecule has 15 heavy (non-hydrogen) atoms. The highest BCUT2D eigenvalue weighted by Crippen LogP contribution is 2.15. The number of ether oxygens (including phenoxy) is 1. The molecule has 0 spiro atoms. The number of rotatable bonds is 6. The Hall–Kier alpha value is -0.790. The first kappa shape index (κ1) is 14.2. The average molecular weight is 212 g/mol. The van der Waals surface area contributed by atoms with Gasteiger partial charge in [0.1, 0.15) is 0 Å². The Bertz CT molecular complexity index is 215. The van der Waals surface area contributed by atoms with Gasteiger partial charge in [0.25, 0.3) is 0 Å². The first-order valence-corrected chi connectivity index (χ1v) is 5.70. The summed E-state index contributed by atoms with van der Waals surface area (Å²) in [5.41, 5.74) is 1.37. The number of hydrogen-bond acceptors (Lipinski definition) is 2. The van der Waals surface area contributed by atoms with E-state index in [-0.39, 0.29) is 5.97 Å². The van der Waals surface area contributed by atoms with Gasteiger partial charge in [0.2, 0.25) is 0 Å². The van der Waals surface area contributed by atoms with Crippen molar-refractivity contribution in [2.75, 3.05) is 6.61 Å². The second kappa shape index (κ2) is 7.49. The fraction of sp³-hybridized carbons (Fsp3) is 0.769. The number of esters is 1. The van der Waals surface area contributed by atoms with Crippen molar-refractivity contribution in [1.82, 2.24) is 0 Å². The summed E-state index contributed by atoms with van der Waals surface area (Å²) in [6, 6.07) is 0. The fourth-order valence-corrected chi connectivity index (χ4v) is 1.54. The average Bonchev–Trinajstić information content (AvgIpc) is 2.10. The molecule has 0 heterocycles. The third kappa shape index (κ3) is 9.51. The number of hydrogen-bond donors (Lipinski definition) is 0. The van der Waals surface area contributed by atoms with Gasteiger partial charge in [-0.15, -0.1) is 0 Å². The first-order chi connectivity index (χ1) is 6.91. The lowest BCUT2D eigenvalue weighted by Gasteiger charge is -2.13.